The van der Waals surface area contributed by atoms with Crippen LogP contribution in [0.4, 0.5) is 4.79 Å². The summed E-state index contributed by atoms with van der Waals surface area (Å²) in [5.41, 5.74) is 1.40. The lowest BCUT2D eigenvalue weighted by molar-refractivity contribution is -0.120. The molecule has 4 rings (SSSR count). The van der Waals surface area contributed by atoms with Crippen LogP contribution >= 0.6 is 0 Å². The molecule has 2 aliphatic rings. The fraction of sp³-hybridized carbons (Fsp3) is 0.450. The van der Waals surface area contributed by atoms with E-state index in [0.717, 1.165) is 24.2 Å². The molecule has 148 valence electrons. The molecule has 1 atom stereocenters. The van der Waals surface area contributed by atoms with Gasteiger partial charge < -0.3 is 24.1 Å². The molecule has 1 saturated heterocycles. The summed E-state index contributed by atoms with van der Waals surface area (Å²) in [5.74, 6) is 1.64. The number of carbonyl (C=O) groups excluding carboxylic acids is 2. The summed E-state index contributed by atoms with van der Waals surface area (Å²) in [6, 6.07) is 7.69. The number of rotatable bonds is 7. The van der Waals surface area contributed by atoms with Crippen LogP contribution in [0, 0.1) is 6.92 Å². The highest BCUT2D eigenvalue weighted by Gasteiger charge is 2.40. The maximum atomic E-state index is 12.3. The van der Waals surface area contributed by atoms with E-state index in [2.05, 4.69) is 10.3 Å². The van der Waals surface area contributed by atoms with E-state index in [0.29, 0.717) is 36.5 Å². The number of amides is 2. The van der Waals surface area contributed by atoms with E-state index in [1.54, 1.807) is 18.9 Å². The average Bonchev–Trinajstić information content (AvgIpc) is 3.38. The number of hydrogen-bond donors (Lipinski definition) is 1. The SMILES string of the molecule is COc1ccc(-c2nc(CC(=O)NCC3CN(C4CC4)C(=O)O3)c(C)o2)cc1. The molecule has 1 saturated carbocycles. The van der Waals surface area contributed by atoms with Gasteiger partial charge in [0.25, 0.3) is 0 Å². The number of cyclic esters (lactones) is 1. The molecule has 8 heteroatoms. The van der Waals surface area contributed by atoms with Gasteiger partial charge in [0.05, 0.1) is 32.3 Å². The first-order valence-electron chi connectivity index (χ1n) is 9.38. The Morgan fingerprint density at radius 2 is 2.07 bits per heavy atom. The lowest BCUT2D eigenvalue weighted by Crippen LogP contribution is -2.35. The number of oxazole rings is 1. The Balaban J connectivity index is 1.32. The number of methoxy groups -OCH3 is 1. The molecule has 2 heterocycles. The zero-order chi connectivity index (χ0) is 19.7. The maximum Gasteiger partial charge on any atom is 0.410 e. The Labute approximate surface area is 162 Å². The smallest absolute Gasteiger partial charge is 0.410 e. The molecule has 1 aliphatic carbocycles. The number of aromatic nitrogens is 1. The van der Waals surface area contributed by atoms with E-state index < -0.39 is 0 Å². The van der Waals surface area contributed by atoms with Crippen molar-refractivity contribution in [3.05, 3.63) is 35.7 Å². The van der Waals surface area contributed by atoms with Crippen LogP contribution in [0.25, 0.3) is 11.5 Å². The van der Waals surface area contributed by atoms with Crippen LogP contribution < -0.4 is 10.1 Å². The predicted octanol–water partition coefficient (Wildman–Crippen LogP) is 2.30. The third-order valence-corrected chi connectivity index (χ3v) is 4.97. The fourth-order valence-electron chi connectivity index (χ4n) is 3.22. The number of nitrogens with one attached hydrogen (secondary N) is 1. The van der Waals surface area contributed by atoms with Crippen molar-refractivity contribution >= 4 is 12.0 Å². The van der Waals surface area contributed by atoms with Crippen LogP contribution in [-0.4, -0.2) is 54.2 Å². The van der Waals surface area contributed by atoms with Gasteiger partial charge in [-0.3, -0.25) is 4.79 Å². The topological polar surface area (TPSA) is 93.9 Å². The predicted molar refractivity (Wildman–Crippen MR) is 99.9 cm³/mol. The second-order valence-corrected chi connectivity index (χ2v) is 7.12. The third kappa shape index (κ3) is 3.95. The number of ether oxygens (including phenoxy) is 2. The van der Waals surface area contributed by atoms with E-state index >= 15 is 0 Å². The molecular weight excluding hydrogens is 362 g/mol. The van der Waals surface area contributed by atoms with E-state index in [-0.39, 0.29) is 24.5 Å². The van der Waals surface area contributed by atoms with Crippen molar-refractivity contribution in [3.63, 3.8) is 0 Å². The Bertz CT molecular complexity index is 872. The molecular formula is C20H23N3O5. The summed E-state index contributed by atoms with van der Waals surface area (Å²) in [6.07, 6.45) is 1.61. The van der Waals surface area contributed by atoms with Gasteiger partial charge in [0, 0.05) is 11.6 Å². The second kappa shape index (κ2) is 7.53. The van der Waals surface area contributed by atoms with Gasteiger partial charge in [-0.2, -0.15) is 0 Å². The van der Waals surface area contributed by atoms with Crippen molar-refractivity contribution in [2.24, 2.45) is 0 Å². The van der Waals surface area contributed by atoms with Crippen molar-refractivity contribution in [3.8, 4) is 17.2 Å². The van der Waals surface area contributed by atoms with Gasteiger partial charge in [-0.05, 0) is 44.0 Å². The van der Waals surface area contributed by atoms with Crippen molar-refractivity contribution < 1.29 is 23.5 Å². The van der Waals surface area contributed by atoms with E-state index in [1.807, 2.05) is 24.3 Å². The number of hydrogen-bond acceptors (Lipinski definition) is 6. The largest absolute Gasteiger partial charge is 0.497 e. The molecule has 2 fully saturated rings. The number of carbonyl (C=O) groups is 2. The van der Waals surface area contributed by atoms with Crippen molar-refractivity contribution in [2.45, 2.75) is 38.3 Å². The van der Waals surface area contributed by atoms with Crippen LogP contribution in [0.5, 0.6) is 5.75 Å². The highest BCUT2D eigenvalue weighted by Crippen LogP contribution is 2.30. The molecule has 2 amide bonds. The molecule has 28 heavy (non-hydrogen) atoms. The minimum atomic E-state index is -0.301. The average molecular weight is 385 g/mol. The molecule has 0 bridgehead atoms. The minimum Gasteiger partial charge on any atom is -0.497 e. The summed E-state index contributed by atoms with van der Waals surface area (Å²) < 4.78 is 16.2. The molecule has 1 N–H and O–H groups in total. The number of aryl methyl sites for hydroxylation is 1. The molecule has 0 radical (unpaired) electrons. The van der Waals surface area contributed by atoms with Crippen LogP contribution in [0.15, 0.2) is 28.7 Å². The molecule has 2 aromatic rings. The Morgan fingerprint density at radius 3 is 2.75 bits per heavy atom. The van der Waals surface area contributed by atoms with Crippen LogP contribution in [-0.2, 0) is 16.0 Å². The van der Waals surface area contributed by atoms with Crippen LogP contribution in [0.1, 0.15) is 24.3 Å². The van der Waals surface area contributed by atoms with Gasteiger partial charge in [-0.25, -0.2) is 9.78 Å². The van der Waals surface area contributed by atoms with Gasteiger partial charge in [0.2, 0.25) is 11.8 Å². The van der Waals surface area contributed by atoms with Crippen molar-refractivity contribution in [2.75, 3.05) is 20.2 Å². The molecule has 1 aromatic heterocycles. The van der Waals surface area contributed by atoms with Gasteiger partial charge >= 0.3 is 6.09 Å². The van der Waals surface area contributed by atoms with Crippen LogP contribution in [0.2, 0.25) is 0 Å². The maximum absolute atomic E-state index is 12.3. The Kier molecular flexibility index (Phi) is 4.93. The molecule has 0 spiro atoms. The highest BCUT2D eigenvalue weighted by molar-refractivity contribution is 5.78. The quantitative estimate of drug-likeness (QED) is 0.786. The monoisotopic (exact) mass is 385 g/mol. The van der Waals surface area contributed by atoms with Gasteiger partial charge in [-0.1, -0.05) is 0 Å². The summed E-state index contributed by atoms with van der Waals surface area (Å²) in [5, 5.41) is 2.82. The number of nitrogens with zero attached hydrogens (tertiary/aromatic N) is 2. The summed E-state index contributed by atoms with van der Waals surface area (Å²) in [6.45, 7) is 2.62. The van der Waals surface area contributed by atoms with Gasteiger partial charge in [-0.15, -0.1) is 0 Å². The van der Waals surface area contributed by atoms with E-state index in [9.17, 15) is 9.59 Å². The normalized spacial score (nSPS) is 18.9. The van der Waals surface area contributed by atoms with Gasteiger partial charge in [0.15, 0.2) is 0 Å². The lowest BCUT2D eigenvalue weighted by Gasteiger charge is -2.11. The lowest BCUT2D eigenvalue weighted by atomic mass is 10.2. The Hall–Kier alpha value is -3.03. The minimum absolute atomic E-state index is 0.110. The zero-order valence-corrected chi connectivity index (χ0v) is 15.9. The first-order chi connectivity index (χ1) is 13.5. The number of benzene rings is 1. The van der Waals surface area contributed by atoms with Gasteiger partial charge in [0.1, 0.15) is 17.6 Å². The molecule has 8 nitrogen and oxygen atoms in total. The summed E-state index contributed by atoms with van der Waals surface area (Å²) in [7, 11) is 1.61. The highest BCUT2D eigenvalue weighted by atomic mass is 16.6. The second-order valence-electron chi connectivity index (χ2n) is 7.12. The first-order valence-corrected chi connectivity index (χ1v) is 9.38. The van der Waals surface area contributed by atoms with Crippen molar-refractivity contribution in [1.82, 2.24) is 15.2 Å². The van der Waals surface area contributed by atoms with E-state index in [1.165, 1.54) is 0 Å². The van der Waals surface area contributed by atoms with Crippen LogP contribution in [0.3, 0.4) is 0 Å². The molecule has 1 aliphatic heterocycles. The van der Waals surface area contributed by atoms with Crippen molar-refractivity contribution in [1.29, 1.82) is 0 Å². The molecule has 1 aromatic carbocycles. The summed E-state index contributed by atoms with van der Waals surface area (Å²) in [4.78, 5) is 30.3. The Morgan fingerprint density at radius 1 is 1.32 bits per heavy atom. The fourth-order valence-corrected chi connectivity index (χ4v) is 3.22. The molecule has 1 unspecified atom stereocenters. The standard InChI is InChI=1S/C20H23N3O5/c1-12-17(22-19(27-12)13-3-7-15(26-2)8-4-13)9-18(24)21-10-16-11-23(14-5-6-14)20(25)28-16/h3-4,7-8,14,16H,5-6,9-11H2,1-2H3,(H,21,24). The summed E-state index contributed by atoms with van der Waals surface area (Å²) >= 11 is 0. The first kappa shape index (κ1) is 18.3. The third-order valence-electron chi connectivity index (χ3n) is 4.97. The van der Waals surface area contributed by atoms with E-state index in [4.69, 9.17) is 13.9 Å². The zero-order valence-electron chi connectivity index (χ0n) is 15.9.